The van der Waals surface area contributed by atoms with Crippen LogP contribution in [0.5, 0.6) is 11.5 Å². The molecular weight excluding hydrogens is 329 g/mol. The summed E-state index contributed by atoms with van der Waals surface area (Å²) in [7, 11) is 0. The fraction of sp³-hybridized carbons (Fsp3) is 0.556. The number of nitrogens with zero attached hydrogens (tertiary/aromatic N) is 1. The molecule has 0 aliphatic heterocycles. The number of rotatable bonds is 10. The van der Waals surface area contributed by atoms with Crippen molar-refractivity contribution in [1.82, 2.24) is 4.90 Å². The van der Waals surface area contributed by atoms with Crippen molar-refractivity contribution in [3.63, 3.8) is 0 Å². The normalized spacial score (nSPS) is 10.3. The number of halogens is 1. The second-order valence-corrected chi connectivity index (χ2v) is 5.17. The van der Waals surface area contributed by atoms with Crippen molar-refractivity contribution >= 4 is 11.9 Å². The van der Waals surface area contributed by atoms with Crippen LogP contribution in [0.25, 0.3) is 0 Å². The minimum absolute atomic E-state index is 0.0660. The highest BCUT2D eigenvalue weighted by Gasteiger charge is 2.18. The third-order valence-electron chi connectivity index (χ3n) is 3.48. The van der Waals surface area contributed by atoms with E-state index in [1.54, 1.807) is 18.7 Å². The smallest absolute Gasteiger partial charge is 0.310 e. The van der Waals surface area contributed by atoms with Crippen molar-refractivity contribution in [3.8, 4) is 11.5 Å². The molecule has 1 rings (SSSR count). The molecule has 0 aromatic heterocycles. The lowest BCUT2D eigenvalue weighted by Crippen LogP contribution is -2.34. The molecule has 0 spiro atoms. The summed E-state index contributed by atoms with van der Waals surface area (Å²) >= 11 is 0. The number of hydrogen-bond donors (Lipinski definition) is 0. The standard InChI is InChI=1S/C18H26FNO5/c1-5-20(6-2)16(21)12-25-18-14(19)9-13(10-15(18)23-7-3)11-17(22)24-8-4/h9-10H,5-8,11-12H2,1-4H3. The van der Waals surface area contributed by atoms with E-state index in [1.807, 2.05) is 13.8 Å². The molecule has 7 heteroatoms. The first-order chi connectivity index (χ1) is 12.0. The minimum atomic E-state index is -0.683. The van der Waals surface area contributed by atoms with Crippen molar-refractivity contribution in [2.75, 3.05) is 32.9 Å². The summed E-state index contributed by atoms with van der Waals surface area (Å²) in [5.41, 5.74) is 0.418. The summed E-state index contributed by atoms with van der Waals surface area (Å²) < 4.78 is 30.0. The average Bonchev–Trinajstić information content (AvgIpc) is 2.55. The third-order valence-corrected chi connectivity index (χ3v) is 3.48. The second kappa shape index (κ2) is 10.5. The van der Waals surface area contributed by atoms with E-state index in [1.165, 1.54) is 12.1 Å². The summed E-state index contributed by atoms with van der Waals surface area (Å²) in [6.07, 6.45) is -0.0660. The van der Waals surface area contributed by atoms with Crippen LogP contribution in [0.1, 0.15) is 33.3 Å². The molecule has 6 nitrogen and oxygen atoms in total. The molecule has 0 unspecified atom stereocenters. The molecule has 0 atom stereocenters. The van der Waals surface area contributed by atoms with Gasteiger partial charge in [-0.3, -0.25) is 9.59 Å². The van der Waals surface area contributed by atoms with E-state index in [2.05, 4.69) is 0 Å². The first-order valence-corrected chi connectivity index (χ1v) is 8.48. The number of ether oxygens (including phenoxy) is 3. The van der Waals surface area contributed by atoms with Crippen molar-refractivity contribution in [3.05, 3.63) is 23.5 Å². The zero-order valence-corrected chi connectivity index (χ0v) is 15.3. The molecule has 25 heavy (non-hydrogen) atoms. The first-order valence-electron chi connectivity index (χ1n) is 8.48. The van der Waals surface area contributed by atoms with Crippen molar-refractivity contribution in [1.29, 1.82) is 0 Å². The Hall–Kier alpha value is -2.31. The van der Waals surface area contributed by atoms with Crippen molar-refractivity contribution in [2.45, 2.75) is 34.1 Å². The molecule has 0 saturated carbocycles. The number of benzene rings is 1. The van der Waals surface area contributed by atoms with Crippen LogP contribution in [-0.2, 0) is 20.7 Å². The maximum absolute atomic E-state index is 14.4. The van der Waals surface area contributed by atoms with E-state index in [9.17, 15) is 14.0 Å². The van der Waals surface area contributed by atoms with Gasteiger partial charge >= 0.3 is 5.97 Å². The average molecular weight is 355 g/mol. The van der Waals surface area contributed by atoms with E-state index < -0.39 is 11.8 Å². The number of amides is 1. The molecule has 1 amide bonds. The van der Waals surface area contributed by atoms with Gasteiger partial charge in [0.1, 0.15) is 0 Å². The Labute approximate surface area is 147 Å². The van der Waals surface area contributed by atoms with Gasteiger partial charge in [0, 0.05) is 13.1 Å². The van der Waals surface area contributed by atoms with Gasteiger partial charge in [-0.2, -0.15) is 0 Å². The summed E-state index contributed by atoms with van der Waals surface area (Å²) in [4.78, 5) is 25.2. The number of esters is 1. The summed E-state index contributed by atoms with van der Waals surface area (Å²) in [6, 6.07) is 2.72. The predicted molar refractivity (Wildman–Crippen MR) is 91.3 cm³/mol. The van der Waals surface area contributed by atoms with Crippen LogP contribution in [0.3, 0.4) is 0 Å². The number of hydrogen-bond acceptors (Lipinski definition) is 5. The van der Waals surface area contributed by atoms with Gasteiger partial charge in [0.2, 0.25) is 0 Å². The SMILES string of the molecule is CCOC(=O)Cc1cc(F)c(OCC(=O)N(CC)CC)c(OCC)c1. The molecule has 0 aliphatic rings. The van der Waals surface area contributed by atoms with Crippen LogP contribution in [0.2, 0.25) is 0 Å². The first kappa shape index (κ1) is 20.7. The summed E-state index contributed by atoms with van der Waals surface area (Å²) in [5.74, 6) is -1.33. The van der Waals surface area contributed by atoms with Crippen LogP contribution < -0.4 is 9.47 Å². The van der Waals surface area contributed by atoms with E-state index in [0.29, 0.717) is 25.3 Å². The van der Waals surface area contributed by atoms with Gasteiger partial charge < -0.3 is 19.1 Å². The summed E-state index contributed by atoms with van der Waals surface area (Å²) in [6.45, 7) is 8.55. The summed E-state index contributed by atoms with van der Waals surface area (Å²) in [5, 5.41) is 0. The van der Waals surface area contributed by atoms with E-state index in [-0.39, 0.29) is 37.0 Å². The Balaban J connectivity index is 2.94. The van der Waals surface area contributed by atoms with Crippen molar-refractivity contribution < 1.29 is 28.2 Å². The lowest BCUT2D eigenvalue weighted by molar-refractivity contribution is -0.142. The van der Waals surface area contributed by atoms with Gasteiger partial charge in [-0.15, -0.1) is 0 Å². The van der Waals surface area contributed by atoms with E-state index in [0.717, 1.165) is 0 Å². The fourth-order valence-electron chi connectivity index (χ4n) is 2.31. The van der Waals surface area contributed by atoms with Gasteiger partial charge in [0.15, 0.2) is 23.9 Å². The lowest BCUT2D eigenvalue weighted by atomic mass is 10.1. The Kier molecular flexibility index (Phi) is 8.74. The van der Waals surface area contributed by atoms with Crippen LogP contribution in [0.4, 0.5) is 4.39 Å². The molecule has 0 N–H and O–H groups in total. The van der Waals surface area contributed by atoms with Gasteiger partial charge in [-0.25, -0.2) is 4.39 Å². The van der Waals surface area contributed by atoms with Crippen LogP contribution in [0.15, 0.2) is 12.1 Å². The molecule has 0 saturated heterocycles. The van der Waals surface area contributed by atoms with Crippen LogP contribution in [-0.4, -0.2) is 49.7 Å². The molecule has 0 bridgehead atoms. The quantitative estimate of drug-likeness (QED) is 0.604. The molecule has 0 fully saturated rings. The molecule has 140 valence electrons. The lowest BCUT2D eigenvalue weighted by Gasteiger charge is -2.20. The van der Waals surface area contributed by atoms with Crippen molar-refractivity contribution in [2.24, 2.45) is 0 Å². The number of likely N-dealkylation sites (N-methyl/N-ethyl adjacent to an activating group) is 1. The molecule has 1 aromatic carbocycles. The Morgan fingerprint density at radius 1 is 1.04 bits per heavy atom. The number of carbonyl (C=O) groups is 2. The molecule has 0 aliphatic carbocycles. The van der Waals surface area contributed by atoms with Crippen LogP contribution >= 0.6 is 0 Å². The Bertz CT molecular complexity index is 587. The zero-order chi connectivity index (χ0) is 18.8. The molecule has 1 aromatic rings. The number of carbonyl (C=O) groups excluding carboxylic acids is 2. The second-order valence-electron chi connectivity index (χ2n) is 5.17. The van der Waals surface area contributed by atoms with Gasteiger partial charge in [-0.05, 0) is 45.4 Å². The molecule has 0 heterocycles. The highest BCUT2D eigenvalue weighted by Crippen LogP contribution is 2.32. The monoisotopic (exact) mass is 355 g/mol. The maximum atomic E-state index is 14.4. The largest absolute Gasteiger partial charge is 0.490 e. The highest BCUT2D eigenvalue weighted by molar-refractivity contribution is 5.78. The van der Waals surface area contributed by atoms with E-state index in [4.69, 9.17) is 14.2 Å². The Morgan fingerprint density at radius 2 is 1.72 bits per heavy atom. The van der Waals surface area contributed by atoms with Crippen LogP contribution in [0, 0.1) is 5.82 Å². The van der Waals surface area contributed by atoms with Gasteiger partial charge in [0.05, 0.1) is 19.6 Å². The minimum Gasteiger partial charge on any atom is -0.490 e. The molecule has 0 radical (unpaired) electrons. The van der Waals surface area contributed by atoms with Gasteiger partial charge in [-0.1, -0.05) is 0 Å². The van der Waals surface area contributed by atoms with Gasteiger partial charge in [0.25, 0.3) is 5.91 Å². The zero-order valence-electron chi connectivity index (χ0n) is 15.3. The van der Waals surface area contributed by atoms with E-state index >= 15 is 0 Å². The maximum Gasteiger partial charge on any atom is 0.310 e. The highest BCUT2D eigenvalue weighted by atomic mass is 19.1. The predicted octanol–water partition coefficient (Wildman–Crippen LogP) is 2.58. The fourth-order valence-corrected chi connectivity index (χ4v) is 2.31. The third kappa shape index (κ3) is 6.25. The molecular formula is C18H26FNO5. The Morgan fingerprint density at radius 3 is 2.28 bits per heavy atom. The topological polar surface area (TPSA) is 65.1 Å².